The maximum Gasteiger partial charge on any atom is 0.205 e. The Balaban J connectivity index is 1.65. The second kappa shape index (κ2) is 8.66. The molecule has 0 saturated heterocycles. The first kappa shape index (κ1) is 19.5. The molecule has 0 unspecified atom stereocenters. The minimum atomic E-state index is -0.0158. The van der Waals surface area contributed by atoms with Crippen molar-refractivity contribution in [2.24, 2.45) is 10.1 Å². The summed E-state index contributed by atoms with van der Waals surface area (Å²) in [5.74, 6) is 0.688. The van der Waals surface area contributed by atoms with Crippen molar-refractivity contribution in [2.75, 3.05) is 7.05 Å². The molecular weight excluding hydrogens is 382 g/mol. The topological polar surface area (TPSA) is 70.1 Å². The van der Waals surface area contributed by atoms with Crippen LogP contribution in [0.4, 0.5) is 0 Å². The quantitative estimate of drug-likeness (QED) is 0.592. The molecule has 150 valence electrons. The SMILES string of the molecule is CN=c1scc(-c2ccc(C3CCCCC3)cc2)n1N=Cc1ccc(O)cc1O. The van der Waals surface area contributed by atoms with Crippen LogP contribution in [0.25, 0.3) is 11.3 Å². The molecule has 1 aromatic heterocycles. The number of benzene rings is 2. The second-order valence-corrected chi connectivity index (χ2v) is 8.22. The summed E-state index contributed by atoms with van der Waals surface area (Å²) in [4.78, 5) is 5.09. The van der Waals surface area contributed by atoms with Gasteiger partial charge in [0, 0.05) is 29.6 Å². The standard InChI is InChI=1S/C23H25N3O2S/c1-24-23-26(25-14-19-11-12-20(27)13-22(19)28)21(15-29-23)18-9-7-17(8-10-18)16-5-3-2-4-6-16/h7-16,27-28H,2-6H2,1H3. The van der Waals surface area contributed by atoms with E-state index in [0.29, 0.717) is 11.5 Å². The lowest BCUT2D eigenvalue weighted by Gasteiger charge is -2.22. The monoisotopic (exact) mass is 407 g/mol. The summed E-state index contributed by atoms with van der Waals surface area (Å²) in [6.45, 7) is 0. The molecule has 1 heterocycles. The van der Waals surface area contributed by atoms with Crippen molar-refractivity contribution in [3.8, 4) is 22.8 Å². The molecule has 0 spiro atoms. The molecule has 0 radical (unpaired) electrons. The molecule has 1 fully saturated rings. The van der Waals surface area contributed by atoms with Crippen LogP contribution in [0.2, 0.25) is 0 Å². The molecule has 0 aliphatic heterocycles. The van der Waals surface area contributed by atoms with Gasteiger partial charge in [-0.05, 0) is 36.5 Å². The number of phenols is 2. The van der Waals surface area contributed by atoms with Crippen LogP contribution in [0, 0.1) is 0 Å². The first-order valence-electron chi connectivity index (χ1n) is 9.96. The fraction of sp³-hybridized carbons (Fsp3) is 0.304. The summed E-state index contributed by atoms with van der Waals surface area (Å²) >= 11 is 1.53. The average Bonchev–Trinajstić information content (AvgIpc) is 3.17. The van der Waals surface area contributed by atoms with E-state index in [1.54, 1.807) is 24.0 Å². The number of hydrogen-bond donors (Lipinski definition) is 2. The molecular formula is C23H25N3O2S. The Bertz CT molecular complexity index is 1070. The molecule has 1 aliphatic rings. The van der Waals surface area contributed by atoms with Crippen LogP contribution in [0.1, 0.15) is 49.1 Å². The van der Waals surface area contributed by atoms with Crippen LogP contribution in [-0.2, 0) is 0 Å². The first-order chi connectivity index (χ1) is 14.2. The molecule has 29 heavy (non-hydrogen) atoms. The highest BCUT2D eigenvalue weighted by molar-refractivity contribution is 7.07. The van der Waals surface area contributed by atoms with E-state index in [4.69, 9.17) is 0 Å². The van der Waals surface area contributed by atoms with Crippen LogP contribution < -0.4 is 4.80 Å². The highest BCUT2D eigenvalue weighted by Gasteiger charge is 2.16. The van der Waals surface area contributed by atoms with Crippen LogP contribution in [0.15, 0.2) is 57.9 Å². The van der Waals surface area contributed by atoms with Crippen molar-refractivity contribution in [2.45, 2.75) is 38.0 Å². The van der Waals surface area contributed by atoms with Crippen molar-refractivity contribution in [1.29, 1.82) is 0 Å². The van der Waals surface area contributed by atoms with Gasteiger partial charge in [0.2, 0.25) is 4.80 Å². The molecule has 0 bridgehead atoms. The second-order valence-electron chi connectivity index (χ2n) is 7.38. The Hall–Kier alpha value is -2.86. The van der Waals surface area contributed by atoms with Gasteiger partial charge in [-0.2, -0.15) is 5.10 Å². The lowest BCUT2D eigenvalue weighted by molar-refractivity contribution is 0.443. The van der Waals surface area contributed by atoms with Crippen molar-refractivity contribution in [3.05, 3.63) is 63.8 Å². The summed E-state index contributed by atoms with van der Waals surface area (Å²) in [5.41, 5.74) is 4.00. The van der Waals surface area contributed by atoms with Crippen molar-refractivity contribution in [1.82, 2.24) is 4.68 Å². The van der Waals surface area contributed by atoms with Crippen molar-refractivity contribution >= 4 is 17.6 Å². The molecule has 2 N–H and O–H groups in total. The van der Waals surface area contributed by atoms with Gasteiger partial charge in [0.15, 0.2) is 0 Å². The minimum absolute atomic E-state index is 0.0158. The number of nitrogens with zero attached hydrogens (tertiary/aromatic N) is 3. The molecule has 0 amide bonds. The van der Waals surface area contributed by atoms with Gasteiger partial charge in [0.25, 0.3) is 0 Å². The fourth-order valence-electron chi connectivity index (χ4n) is 3.88. The zero-order chi connectivity index (χ0) is 20.2. The number of aromatic hydroxyl groups is 2. The zero-order valence-electron chi connectivity index (χ0n) is 16.5. The van der Waals surface area contributed by atoms with E-state index in [1.165, 1.54) is 61.1 Å². The largest absolute Gasteiger partial charge is 0.508 e. The Labute approximate surface area is 174 Å². The third kappa shape index (κ3) is 4.27. The highest BCUT2D eigenvalue weighted by atomic mass is 32.1. The Morgan fingerprint density at radius 2 is 1.79 bits per heavy atom. The predicted molar refractivity (Wildman–Crippen MR) is 118 cm³/mol. The number of aromatic nitrogens is 1. The van der Waals surface area contributed by atoms with Gasteiger partial charge in [0.05, 0.1) is 11.9 Å². The van der Waals surface area contributed by atoms with Gasteiger partial charge >= 0.3 is 0 Å². The maximum absolute atomic E-state index is 10.0. The summed E-state index contributed by atoms with van der Waals surface area (Å²) in [6, 6.07) is 13.3. The predicted octanol–water partition coefficient (Wildman–Crippen LogP) is 5.09. The third-order valence-corrected chi connectivity index (χ3v) is 6.39. The van der Waals surface area contributed by atoms with E-state index in [9.17, 15) is 10.2 Å². The Morgan fingerprint density at radius 3 is 2.48 bits per heavy atom. The lowest BCUT2D eigenvalue weighted by Crippen LogP contribution is -2.11. The van der Waals surface area contributed by atoms with Gasteiger partial charge in [0.1, 0.15) is 11.5 Å². The molecule has 2 aromatic carbocycles. The highest BCUT2D eigenvalue weighted by Crippen LogP contribution is 2.33. The van der Waals surface area contributed by atoms with Crippen molar-refractivity contribution in [3.63, 3.8) is 0 Å². The van der Waals surface area contributed by atoms with Crippen LogP contribution in [0.3, 0.4) is 0 Å². The molecule has 1 saturated carbocycles. The molecule has 1 aliphatic carbocycles. The minimum Gasteiger partial charge on any atom is -0.508 e. The van der Waals surface area contributed by atoms with Gasteiger partial charge in [-0.25, -0.2) is 4.68 Å². The van der Waals surface area contributed by atoms with E-state index in [0.717, 1.165) is 16.1 Å². The maximum atomic E-state index is 10.0. The van der Waals surface area contributed by atoms with Crippen LogP contribution in [0.5, 0.6) is 11.5 Å². The average molecular weight is 408 g/mol. The van der Waals surface area contributed by atoms with Gasteiger partial charge in [-0.3, -0.25) is 4.99 Å². The summed E-state index contributed by atoms with van der Waals surface area (Å²) in [7, 11) is 1.74. The Kier molecular flexibility index (Phi) is 5.81. The molecule has 6 heteroatoms. The zero-order valence-corrected chi connectivity index (χ0v) is 17.3. The van der Waals surface area contributed by atoms with Crippen LogP contribution >= 0.6 is 11.3 Å². The Morgan fingerprint density at radius 1 is 1.03 bits per heavy atom. The summed E-state index contributed by atoms with van der Waals surface area (Å²) in [5, 5.41) is 26.1. The summed E-state index contributed by atoms with van der Waals surface area (Å²) < 4.78 is 1.78. The van der Waals surface area contributed by atoms with Crippen molar-refractivity contribution < 1.29 is 10.2 Å². The molecule has 4 rings (SSSR count). The van der Waals surface area contributed by atoms with E-state index < -0.39 is 0 Å². The third-order valence-electron chi connectivity index (χ3n) is 5.49. The van der Waals surface area contributed by atoms with E-state index in [-0.39, 0.29) is 11.5 Å². The molecule has 3 aromatic rings. The fourth-order valence-corrected chi connectivity index (χ4v) is 4.69. The number of thiazole rings is 1. The lowest BCUT2D eigenvalue weighted by atomic mass is 9.84. The van der Waals surface area contributed by atoms with Gasteiger partial charge in [-0.1, -0.05) is 43.5 Å². The van der Waals surface area contributed by atoms with E-state index in [2.05, 4.69) is 34.4 Å². The number of rotatable bonds is 4. The number of hydrogen-bond acceptors (Lipinski definition) is 5. The van der Waals surface area contributed by atoms with E-state index in [1.807, 2.05) is 5.38 Å². The first-order valence-corrected chi connectivity index (χ1v) is 10.8. The van der Waals surface area contributed by atoms with E-state index >= 15 is 0 Å². The molecule has 5 nitrogen and oxygen atoms in total. The smallest absolute Gasteiger partial charge is 0.205 e. The normalized spacial score (nSPS) is 16.0. The number of phenolic OH excluding ortho intramolecular Hbond substituents is 2. The van der Waals surface area contributed by atoms with Gasteiger partial charge in [-0.15, -0.1) is 11.3 Å². The summed E-state index contributed by atoms with van der Waals surface area (Å²) in [6.07, 6.45) is 8.18. The van der Waals surface area contributed by atoms with Gasteiger partial charge < -0.3 is 10.2 Å². The molecule has 0 atom stereocenters. The van der Waals surface area contributed by atoms with Crippen LogP contribution in [-0.4, -0.2) is 28.2 Å².